The quantitative estimate of drug-likeness (QED) is 0.848. The van der Waals surface area contributed by atoms with Gasteiger partial charge in [-0.2, -0.15) is 0 Å². The summed E-state index contributed by atoms with van der Waals surface area (Å²) in [6.45, 7) is 2.90. The predicted molar refractivity (Wildman–Crippen MR) is 81.3 cm³/mol. The van der Waals surface area contributed by atoms with Gasteiger partial charge in [0.25, 0.3) is 0 Å². The number of hydrogen-bond acceptors (Lipinski definition) is 4. The van der Waals surface area contributed by atoms with E-state index in [0.717, 1.165) is 31.4 Å². The SMILES string of the molecule is CC1CCCC1NS(=O)(=O)c1cc(CNC2CC2)cs1. The van der Waals surface area contributed by atoms with Gasteiger partial charge in [-0.15, -0.1) is 11.3 Å². The van der Waals surface area contributed by atoms with Gasteiger partial charge in [0.15, 0.2) is 0 Å². The van der Waals surface area contributed by atoms with Gasteiger partial charge >= 0.3 is 0 Å². The fourth-order valence-corrected chi connectivity index (χ4v) is 5.32. The van der Waals surface area contributed by atoms with E-state index < -0.39 is 10.0 Å². The van der Waals surface area contributed by atoms with Gasteiger partial charge in [0.2, 0.25) is 10.0 Å². The van der Waals surface area contributed by atoms with E-state index in [2.05, 4.69) is 17.0 Å². The van der Waals surface area contributed by atoms with Crippen LogP contribution >= 0.6 is 11.3 Å². The van der Waals surface area contributed by atoms with Gasteiger partial charge in [0, 0.05) is 18.6 Å². The van der Waals surface area contributed by atoms with Gasteiger partial charge < -0.3 is 5.32 Å². The summed E-state index contributed by atoms with van der Waals surface area (Å²) >= 11 is 1.32. The molecule has 20 heavy (non-hydrogen) atoms. The van der Waals surface area contributed by atoms with Crippen molar-refractivity contribution < 1.29 is 8.42 Å². The molecular formula is C14H22N2O2S2. The first-order chi connectivity index (χ1) is 9.54. The van der Waals surface area contributed by atoms with Crippen LogP contribution in [-0.2, 0) is 16.6 Å². The average Bonchev–Trinajstić information content (AvgIpc) is 2.95. The van der Waals surface area contributed by atoms with Gasteiger partial charge in [0.05, 0.1) is 0 Å². The zero-order valence-electron chi connectivity index (χ0n) is 11.8. The van der Waals surface area contributed by atoms with Crippen molar-refractivity contribution in [1.29, 1.82) is 0 Å². The molecule has 2 atom stereocenters. The standard InChI is InChI=1S/C14H22N2O2S2/c1-10-3-2-4-13(10)16-20(17,18)14-7-11(9-19-14)8-15-12-5-6-12/h7,9-10,12-13,15-16H,2-6,8H2,1H3. The number of nitrogens with one attached hydrogen (secondary N) is 2. The molecule has 3 rings (SSSR count). The molecule has 1 heterocycles. The average molecular weight is 314 g/mol. The van der Waals surface area contributed by atoms with E-state index in [0.29, 0.717) is 16.2 Å². The summed E-state index contributed by atoms with van der Waals surface area (Å²) in [7, 11) is -3.34. The maximum atomic E-state index is 12.4. The fourth-order valence-electron chi connectivity index (χ4n) is 2.71. The van der Waals surface area contributed by atoms with Gasteiger partial charge in [-0.05, 0) is 48.6 Å². The normalized spacial score (nSPS) is 27.1. The number of sulfonamides is 1. The molecule has 0 spiro atoms. The van der Waals surface area contributed by atoms with Gasteiger partial charge in [-0.1, -0.05) is 13.3 Å². The highest BCUT2D eigenvalue weighted by Gasteiger charge is 2.29. The van der Waals surface area contributed by atoms with Crippen LogP contribution in [0.15, 0.2) is 15.7 Å². The minimum atomic E-state index is -3.34. The van der Waals surface area contributed by atoms with Gasteiger partial charge in [-0.25, -0.2) is 13.1 Å². The topological polar surface area (TPSA) is 58.2 Å². The third-order valence-electron chi connectivity index (χ3n) is 4.23. The van der Waals surface area contributed by atoms with Crippen LogP contribution in [0.2, 0.25) is 0 Å². The molecule has 2 N–H and O–H groups in total. The molecule has 0 aromatic carbocycles. The molecule has 2 saturated carbocycles. The number of thiophene rings is 1. The molecule has 0 saturated heterocycles. The van der Waals surface area contributed by atoms with Crippen molar-refractivity contribution in [2.24, 2.45) is 5.92 Å². The molecule has 0 radical (unpaired) electrons. The molecule has 2 aliphatic carbocycles. The maximum Gasteiger partial charge on any atom is 0.250 e. The van der Waals surface area contributed by atoms with Crippen LogP contribution in [-0.4, -0.2) is 20.5 Å². The van der Waals surface area contributed by atoms with Crippen LogP contribution < -0.4 is 10.0 Å². The lowest BCUT2D eigenvalue weighted by Crippen LogP contribution is -2.36. The molecule has 1 aromatic rings. The molecular weight excluding hydrogens is 292 g/mol. The first kappa shape index (κ1) is 14.5. The molecule has 0 bridgehead atoms. The second-order valence-corrected chi connectivity index (χ2v) is 8.92. The van der Waals surface area contributed by atoms with Crippen molar-refractivity contribution in [1.82, 2.24) is 10.0 Å². The lowest BCUT2D eigenvalue weighted by molar-refractivity contribution is 0.477. The van der Waals surface area contributed by atoms with Crippen molar-refractivity contribution in [2.45, 2.75) is 61.9 Å². The van der Waals surface area contributed by atoms with Crippen LogP contribution in [0.4, 0.5) is 0 Å². The minimum Gasteiger partial charge on any atom is -0.310 e. The van der Waals surface area contributed by atoms with Gasteiger partial charge in [0.1, 0.15) is 4.21 Å². The Morgan fingerprint density at radius 1 is 1.30 bits per heavy atom. The summed E-state index contributed by atoms with van der Waals surface area (Å²) in [5, 5.41) is 5.36. The molecule has 112 valence electrons. The van der Waals surface area contributed by atoms with E-state index in [4.69, 9.17) is 0 Å². The maximum absolute atomic E-state index is 12.4. The highest BCUT2D eigenvalue weighted by molar-refractivity contribution is 7.91. The molecule has 0 amide bonds. The number of hydrogen-bond donors (Lipinski definition) is 2. The van der Waals surface area contributed by atoms with Crippen molar-refractivity contribution in [3.63, 3.8) is 0 Å². The van der Waals surface area contributed by atoms with Crippen molar-refractivity contribution in [2.75, 3.05) is 0 Å². The lowest BCUT2D eigenvalue weighted by Gasteiger charge is -2.16. The van der Waals surface area contributed by atoms with Crippen molar-refractivity contribution >= 4 is 21.4 Å². The van der Waals surface area contributed by atoms with Crippen LogP contribution in [0.25, 0.3) is 0 Å². The van der Waals surface area contributed by atoms with Crippen LogP contribution in [0, 0.1) is 5.92 Å². The highest BCUT2D eigenvalue weighted by atomic mass is 32.2. The summed E-state index contributed by atoms with van der Waals surface area (Å²) in [4.78, 5) is 0. The monoisotopic (exact) mass is 314 g/mol. The summed E-state index contributed by atoms with van der Waals surface area (Å²) in [6, 6.07) is 2.56. The molecule has 2 aliphatic rings. The Labute approximate surface area is 125 Å². The molecule has 2 fully saturated rings. The largest absolute Gasteiger partial charge is 0.310 e. The molecule has 1 aromatic heterocycles. The van der Waals surface area contributed by atoms with Gasteiger partial charge in [-0.3, -0.25) is 0 Å². The Morgan fingerprint density at radius 3 is 2.75 bits per heavy atom. The lowest BCUT2D eigenvalue weighted by atomic mass is 10.1. The highest BCUT2D eigenvalue weighted by Crippen LogP contribution is 2.28. The molecule has 6 heteroatoms. The summed E-state index contributed by atoms with van der Waals surface area (Å²) in [5.41, 5.74) is 1.07. The Hall–Kier alpha value is -0.430. The van der Waals surface area contributed by atoms with Crippen LogP contribution in [0.3, 0.4) is 0 Å². The Balaban J connectivity index is 1.63. The summed E-state index contributed by atoms with van der Waals surface area (Å²) in [5.74, 6) is 0.445. The second-order valence-electron chi connectivity index (χ2n) is 6.07. The second kappa shape index (κ2) is 5.75. The predicted octanol–water partition coefficient (Wildman–Crippen LogP) is 2.47. The Bertz CT molecular complexity index is 563. The fraction of sp³-hybridized carbons (Fsp3) is 0.714. The Kier molecular flexibility index (Phi) is 4.17. The molecule has 0 aliphatic heterocycles. The zero-order chi connectivity index (χ0) is 14.2. The smallest absolute Gasteiger partial charge is 0.250 e. The van der Waals surface area contributed by atoms with Crippen LogP contribution in [0.5, 0.6) is 0 Å². The summed E-state index contributed by atoms with van der Waals surface area (Å²) in [6.07, 6.45) is 5.69. The zero-order valence-corrected chi connectivity index (χ0v) is 13.4. The molecule has 4 nitrogen and oxygen atoms in total. The minimum absolute atomic E-state index is 0.107. The van der Waals surface area contributed by atoms with E-state index in [9.17, 15) is 8.42 Å². The third kappa shape index (κ3) is 3.42. The van der Waals surface area contributed by atoms with E-state index in [-0.39, 0.29) is 6.04 Å². The van der Waals surface area contributed by atoms with E-state index >= 15 is 0 Å². The van der Waals surface area contributed by atoms with Crippen molar-refractivity contribution in [3.05, 3.63) is 17.0 Å². The Morgan fingerprint density at radius 2 is 2.10 bits per heavy atom. The van der Waals surface area contributed by atoms with E-state index in [1.54, 1.807) is 0 Å². The third-order valence-corrected chi connectivity index (χ3v) is 7.21. The van der Waals surface area contributed by atoms with Crippen LogP contribution in [0.1, 0.15) is 44.6 Å². The van der Waals surface area contributed by atoms with E-state index in [1.165, 1.54) is 24.2 Å². The first-order valence-corrected chi connectivity index (χ1v) is 9.74. The van der Waals surface area contributed by atoms with E-state index in [1.807, 2.05) is 11.4 Å². The molecule has 2 unspecified atom stereocenters. The summed E-state index contributed by atoms with van der Waals surface area (Å²) < 4.78 is 28.1. The number of rotatable bonds is 6. The van der Waals surface area contributed by atoms with Crippen molar-refractivity contribution in [3.8, 4) is 0 Å². The first-order valence-electron chi connectivity index (χ1n) is 7.38.